The molecule has 0 aliphatic heterocycles. The Morgan fingerprint density at radius 2 is 1.66 bits per heavy atom. The average molecular weight is 713 g/mol. The van der Waals surface area contributed by atoms with Crippen LogP contribution >= 0.6 is 23.2 Å². The number of hydrogen-bond donors (Lipinski definition) is 1. The van der Waals surface area contributed by atoms with Crippen LogP contribution in [0.4, 0.5) is 18.9 Å². The SMILES string of the molecule is CS(=O)(=O)N(CCCC(=O)N(Cc1ccc(Cl)cc1Cl)[C@H](Cc1ccccc1)C(=O)NC1CCCCC1)c1cccc(C(F)(F)F)c1. The number of alkyl halides is 3. The number of carbonyl (C=O) groups excluding carboxylic acids is 2. The first kappa shape index (κ1) is 36.6. The molecule has 4 rings (SSSR count). The molecule has 254 valence electrons. The lowest BCUT2D eigenvalue weighted by molar-refractivity contribution is -0.141. The van der Waals surface area contributed by atoms with E-state index in [0.29, 0.717) is 15.6 Å². The van der Waals surface area contributed by atoms with E-state index in [1.54, 1.807) is 18.2 Å². The molecule has 13 heteroatoms. The maximum Gasteiger partial charge on any atom is 0.416 e. The van der Waals surface area contributed by atoms with Gasteiger partial charge in [0.2, 0.25) is 21.8 Å². The third-order valence-corrected chi connectivity index (χ3v) is 9.97. The van der Waals surface area contributed by atoms with E-state index in [2.05, 4.69) is 5.32 Å². The van der Waals surface area contributed by atoms with Crippen LogP contribution in [0.5, 0.6) is 0 Å². The van der Waals surface area contributed by atoms with Gasteiger partial charge in [-0.15, -0.1) is 0 Å². The lowest BCUT2D eigenvalue weighted by Gasteiger charge is -2.34. The topological polar surface area (TPSA) is 86.8 Å². The van der Waals surface area contributed by atoms with Crippen LogP contribution in [0.25, 0.3) is 0 Å². The molecule has 3 aromatic carbocycles. The summed E-state index contributed by atoms with van der Waals surface area (Å²) >= 11 is 12.6. The summed E-state index contributed by atoms with van der Waals surface area (Å²) in [6.45, 7) is -0.271. The second-order valence-electron chi connectivity index (χ2n) is 11.8. The largest absolute Gasteiger partial charge is 0.416 e. The van der Waals surface area contributed by atoms with E-state index in [1.165, 1.54) is 11.0 Å². The quantitative estimate of drug-likeness (QED) is 0.197. The maximum atomic E-state index is 14.1. The number of benzene rings is 3. The molecule has 1 fully saturated rings. The Balaban J connectivity index is 1.62. The molecule has 1 aliphatic carbocycles. The first-order chi connectivity index (χ1) is 22.2. The minimum absolute atomic E-state index is 0.0126. The lowest BCUT2D eigenvalue weighted by Crippen LogP contribution is -2.53. The van der Waals surface area contributed by atoms with Gasteiger partial charge in [-0.05, 0) is 60.7 Å². The Labute approximate surface area is 284 Å². The number of nitrogens with zero attached hydrogens (tertiary/aromatic N) is 2. The van der Waals surface area contributed by atoms with Crippen LogP contribution in [-0.2, 0) is 38.8 Å². The third-order valence-electron chi connectivity index (χ3n) is 8.19. The molecule has 2 amide bonds. The molecule has 3 aromatic rings. The van der Waals surface area contributed by atoms with Crippen molar-refractivity contribution in [2.24, 2.45) is 0 Å². The highest BCUT2D eigenvalue weighted by atomic mass is 35.5. The van der Waals surface area contributed by atoms with E-state index < -0.39 is 33.7 Å². The zero-order chi connectivity index (χ0) is 34.2. The number of anilines is 1. The number of carbonyl (C=O) groups is 2. The van der Waals surface area contributed by atoms with Crippen molar-refractivity contribution in [1.82, 2.24) is 10.2 Å². The van der Waals surface area contributed by atoms with Crippen LogP contribution in [0.3, 0.4) is 0 Å². The minimum Gasteiger partial charge on any atom is -0.352 e. The smallest absolute Gasteiger partial charge is 0.352 e. The second kappa shape index (κ2) is 16.2. The molecule has 0 unspecified atom stereocenters. The minimum atomic E-state index is -4.66. The van der Waals surface area contributed by atoms with Gasteiger partial charge in [-0.25, -0.2) is 8.42 Å². The number of hydrogen-bond acceptors (Lipinski definition) is 4. The summed E-state index contributed by atoms with van der Waals surface area (Å²) < 4.78 is 66.3. The van der Waals surface area contributed by atoms with Crippen LogP contribution in [-0.4, -0.2) is 50.0 Å². The first-order valence-corrected chi connectivity index (χ1v) is 18.1. The molecule has 0 heterocycles. The lowest BCUT2D eigenvalue weighted by atomic mass is 9.94. The third kappa shape index (κ3) is 10.6. The van der Waals surface area contributed by atoms with Gasteiger partial charge in [-0.3, -0.25) is 13.9 Å². The van der Waals surface area contributed by atoms with Gasteiger partial charge in [-0.1, -0.05) is 84.9 Å². The summed E-state index contributed by atoms with van der Waals surface area (Å²) in [6.07, 6.45) is 1.04. The summed E-state index contributed by atoms with van der Waals surface area (Å²) in [6, 6.07) is 17.3. The van der Waals surface area contributed by atoms with E-state index in [0.717, 1.165) is 66.4 Å². The molecule has 0 saturated heterocycles. The van der Waals surface area contributed by atoms with Crippen molar-refractivity contribution >= 4 is 50.7 Å². The van der Waals surface area contributed by atoms with Crippen molar-refractivity contribution in [2.45, 2.75) is 76.2 Å². The molecular formula is C34H38Cl2F3N3O4S. The molecule has 1 aliphatic rings. The van der Waals surface area contributed by atoms with Gasteiger partial charge in [-0.2, -0.15) is 13.2 Å². The van der Waals surface area contributed by atoms with E-state index in [4.69, 9.17) is 23.2 Å². The van der Waals surface area contributed by atoms with Crippen LogP contribution in [0.15, 0.2) is 72.8 Å². The summed E-state index contributed by atoms with van der Waals surface area (Å²) in [4.78, 5) is 29.5. The molecular weight excluding hydrogens is 674 g/mol. The normalized spacial score (nSPS) is 14.8. The summed E-state index contributed by atoms with van der Waals surface area (Å²) in [5, 5.41) is 3.87. The maximum absolute atomic E-state index is 14.1. The molecule has 7 nitrogen and oxygen atoms in total. The molecule has 47 heavy (non-hydrogen) atoms. The molecule has 1 N–H and O–H groups in total. The van der Waals surface area contributed by atoms with Gasteiger partial charge in [0, 0.05) is 42.0 Å². The zero-order valence-electron chi connectivity index (χ0n) is 26.0. The molecule has 0 radical (unpaired) electrons. The van der Waals surface area contributed by atoms with E-state index in [-0.39, 0.29) is 50.0 Å². The van der Waals surface area contributed by atoms with Crippen molar-refractivity contribution < 1.29 is 31.2 Å². The Morgan fingerprint density at radius 3 is 2.30 bits per heavy atom. The average Bonchev–Trinajstić information content (AvgIpc) is 3.02. The number of sulfonamides is 1. The highest BCUT2D eigenvalue weighted by Gasteiger charge is 2.33. The Bertz CT molecular complexity index is 1640. The van der Waals surface area contributed by atoms with Gasteiger partial charge in [0.25, 0.3) is 0 Å². The van der Waals surface area contributed by atoms with Gasteiger partial charge in [0.05, 0.1) is 17.5 Å². The monoisotopic (exact) mass is 711 g/mol. The van der Waals surface area contributed by atoms with Crippen LogP contribution in [0.1, 0.15) is 61.6 Å². The Kier molecular flexibility index (Phi) is 12.6. The summed E-state index contributed by atoms with van der Waals surface area (Å²) in [5.41, 5.74) is 0.255. The molecule has 0 aromatic heterocycles. The van der Waals surface area contributed by atoms with Crippen LogP contribution in [0.2, 0.25) is 10.0 Å². The van der Waals surface area contributed by atoms with Crippen molar-refractivity contribution in [3.05, 3.63) is 99.5 Å². The Hall–Kier alpha value is -3.28. The molecule has 0 spiro atoms. The number of halogens is 5. The van der Waals surface area contributed by atoms with E-state index >= 15 is 0 Å². The predicted molar refractivity (Wildman–Crippen MR) is 179 cm³/mol. The molecule has 0 bridgehead atoms. The van der Waals surface area contributed by atoms with E-state index in [1.807, 2.05) is 30.3 Å². The molecule has 1 atom stereocenters. The van der Waals surface area contributed by atoms with Gasteiger partial charge >= 0.3 is 6.18 Å². The van der Waals surface area contributed by atoms with Crippen LogP contribution < -0.4 is 9.62 Å². The second-order valence-corrected chi connectivity index (χ2v) is 14.5. The fourth-order valence-corrected chi connectivity index (χ4v) is 7.20. The number of nitrogens with one attached hydrogen (secondary N) is 1. The van der Waals surface area contributed by atoms with Crippen molar-refractivity contribution in [1.29, 1.82) is 0 Å². The van der Waals surface area contributed by atoms with Crippen molar-refractivity contribution in [3.63, 3.8) is 0 Å². The standard InChI is InChI=1S/C34H38Cl2F3N3O4S/c1-47(45,46)42(29-15-8-12-26(21-29)34(37,38)39)19-9-16-32(43)41(23-25-17-18-27(35)22-30(25)36)31(20-24-10-4-2-5-11-24)33(44)40-28-13-6-3-7-14-28/h2,4-5,8,10-12,15,17-18,21-22,28,31H,3,6-7,9,13-14,16,19-20,23H2,1H3,(H,40,44)/t31-/m1/s1. The fourth-order valence-electron chi connectivity index (χ4n) is 5.77. The fraction of sp³-hybridized carbons (Fsp3) is 0.412. The highest BCUT2D eigenvalue weighted by molar-refractivity contribution is 7.92. The van der Waals surface area contributed by atoms with E-state index in [9.17, 15) is 31.2 Å². The first-order valence-electron chi connectivity index (χ1n) is 15.4. The molecule has 1 saturated carbocycles. The van der Waals surface area contributed by atoms with Gasteiger partial charge in [0.15, 0.2) is 0 Å². The number of rotatable bonds is 13. The van der Waals surface area contributed by atoms with Crippen molar-refractivity contribution in [2.75, 3.05) is 17.1 Å². The van der Waals surface area contributed by atoms with Gasteiger partial charge in [0.1, 0.15) is 6.04 Å². The van der Waals surface area contributed by atoms with Gasteiger partial charge < -0.3 is 10.2 Å². The van der Waals surface area contributed by atoms with Crippen LogP contribution in [0, 0.1) is 0 Å². The summed E-state index contributed by atoms with van der Waals surface area (Å²) in [5.74, 6) is -0.742. The predicted octanol–water partition coefficient (Wildman–Crippen LogP) is 7.65. The zero-order valence-corrected chi connectivity index (χ0v) is 28.3. The summed E-state index contributed by atoms with van der Waals surface area (Å²) in [7, 11) is -4.00. The Morgan fingerprint density at radius 1 is 0.957 bits per heavy atom. The number of amides is 2. The van der Waals surface area contributed by atoms with Crippen molar-refractivity contribution in [3.8, 4) is 0 Å². The highest BCUT2D eigenvalue weighted by Crippen LogP contribution is 2.32.